The first-order valence-corrected chi connectivity index (χ1v) is 12.9. The molecule has 8 heteroatoms. The highest BCUT2D eigenvalue weighted by atomic mass is 16.6. The van der Waals surface area contributed by atoms with E-state index in [0.29, 0.717) is 6.54 Å². The summed E-state index contributed by atoms with van der Waals surface area (Å²) in [5, 5.41) is 4.74. The van der Waals surface area contributed by atoms with Crippen LogP contribution in [-0.4, -0.2) is 47.1 Å². The van der Waals surface area contributed by atoms with Crippen LogP contribution in [0.3, 0.4) is 0 Å². The van der Waals surface area contributed by atoms with Gasteiger partial charge in [-0.3, -0.25) is 4.79 Å². The number of ether oxygens (including phenoxy) is 2. The summed E-state index contributed by atoms with van der Waals surface area (Å²) < 4.78 is 11.1. The third-order valence-electron chi connectivity index (χ3n) is 6.36. The van der Waals surface area contributed by atoms with Gasteiger partial charge in [-0.05, 0) is 30.7 Å². The molecule has 0 aliphatic heterocycles. The number of para-hydroxylation sites is 2. The van der Waals surface area contributed by atoms with E-state index < -0.39 is 29.4 Å². The van der Waals surface area contributed by atoms with Gasteiger partial charge in [0.15, 0.2) is 6.10 Å². The summed E-state index contributed by atoms with van der Waals surface area (Å²) in [5.41, 5.74) is 2.60. The Morgan fingerprint density at radius 3 is 1.97 bits per heavy atom. The minimum atomic E-state index is -1.17. The van der Waals surface area contributed by atoms with Crippen molar-refractivity contribution in [3.05, 3.63) is 84.2 Å². The summed E-state index contributed by atoms with van der Waals surface area (Å²) in [6.07, 6.45) is 9.12. The highest BCUT2D eigenvalue weighted by Gasteiger charge is 2.39. The van der Waals surface area contributed by atoms with Crippen LogP contribution in [0.15, 0.2) is 73.1 Å². The van der Waals surface area contributed by atoms with Crippen LogP contribution in [0.5, 0.6) is 0 Å². The molecule has 0 fully saturated rings. The lowest BCUT2D eigenvalue weighted by Gasteiger charge is -2.31. The average Bonchev–Trinajstić information content (AvgIpc) is 3.55. The van der Waals surface area contributed by atoms with Gasteiger partial charge in [-0.2, -0.15) is 0 Å². The monoisotopic (exact) mass is 527 g/mol. The summed E-state index contributed by atoms with van der Waals surface area (Å²) in [5.74, 6) is -1.68. The van der Waals surface area contributed by atoms with Crippen LogP contribution < -0.4 is 5.32 Å². The minimum Gasteiger partial charge on any atom is -0.462 e. The number of aromatic nitrogens is 2. The van der Waals surface area contributed by atoms with Gasteiger partial charge in [0.1, 0.15) is 6.61 Å². The van der Waals surface area contributed by atoms with Gasteiger partial charge < -0.3 is 24.8 Å². The van der Waals surface area contributed by atoms with Crippen molar-refractivity contribution in [2.45, 2.75) is 33.3 Å². The van der Waals surface area contributed by atoms with Crippen molar-refractivity contribution in [2.75, 3.05) is 13.2 Å². The van der Waals surface area contributed by atoms with Crippen LogP contribution in [0.2, 0.25) is 0 Å². The maximum Gasteiger partial charge on any atom is 0.331 e. The lowest BCUT2D eigenvalue weighted by atomic mass is 9.86. The summed E-state index contributed by atoms with van der Waals surface area (Å²) in [7, 11) is 0. The molecule has 0 unspecified atom stereocenters. The number of nitrogens with one attached hydrogen (secondary N) is 3. The van der Waals surface area contributed by atoms with E-state index in [0.717, 1.165) is 39.4 Å². The molecule has 0 bridgehead atoms. The number of carbonyl (C=O) groups excluding carboxylic acids is 3. The second-order valence-electron chi connectivity index (χ2n) is 9.95. The molecule has 0 saturated heterocycles. The van der Waals surface area contributed by atoms with Crippen LogP contribution in [0.4, 0.5) is 0 Å². The molecule has 2 aromatic carbocycles. The SMILES string of the molecule is CCCNC(=O)[C@H](OC(=O)/C=C/c1c[nH]c2ccccc12)C(C)(C)COC(=O)/C=C/c1c[nH]c2ccccc12. The molecular weight excluding hydrogens is 494 g/mol. The number of fused-ring (bicyclic) bond motifs is 2. The molecule has 0 radical (unpaired) electrons. The van der Waals surface area contributed by atoms with E-state index in [1.165, 1.54) is 12.2 Å². The van der Waals surface area contributed by atoms with Gasteiger partial charge >= 0.3 is 11.9 Å². The largest absolute Gasteiger partial charge is 0.462 e. The molecule has 0 aliphatic rings. The molecule has 3 N–H and O–H groups in total. The predicted molar refractivity (Wildman–Crippen MR) is 153 cm³/mol. The van der Waals surface area contributed by atoms with E-state index in [1.54, 1.807) is 32.2 Å². The van der Waals surface area contributed by atoms with E-state index in [2.05, 4.69) is 15.3 Å². The van der Waals surface area contributed by atoms with Crippen LogP contribution in [0.1, 0.15) is 38.3 Å². The zero-order valence-electron chi connectivity index (χ0n) is 22.3. The predicted octanol–water partition coefficient (Wildman–Crippen LogP) is 5.38. The van der Waals surface area contributed by atoms with Crippen LogP contribution in [-0.2, 0) is 23.9 Å². The van der Waals surface area contributed by atoms with Crippen molar-refractivity contribution in [1.82, 2.24) is 15.3 Å². The number of amides is 1. The highest BCUT2D eigenvalue weighted by Crippen LogP contribution is 2.26. The van der Waals surface area contributed by atoms with Crippen LogP contribution in [0.25, 0.3) is 34.0 Å². The van der Waals surface area contributed by atoms with Gasteiger partial charge in [-0.1, -0.05) is 57.2 Å². The first-order valence-electron chi connectivity index (χ1n) is 12.9. The summed E-state index contributed by atoms with van der Waals surface area (Å²) >= 11 is 0. The first kappa shape index (κ1) is 27.4. The smallest absolute Gasteiger partial charge is 0.331 e. The van der Waals surface area contributed by atoms with Crippen molar-refractivity contribution in [3.63, 3.8) is 0 Å². The van der Waals surface area contributed by atoms with E-state index >= 15 is 0 Å². The summed E-state index contributed by atoms with van der Waals surface area (Å²) in [4.78, 5) is 44.5. The van der Waals surface area contributed by atoms with Crippen molar-refractivity contribution in [2.24, 2.45) is 5.41 Å². The Balaban J connectivity index is 1.42. The molecule has 39 heavy (non-hydrogen) atoms. The van der Waals surface area contributed by atoms with Gasteiger partial charge in [0, 0.05) is 69.4 Å². The number of aromatic amines is 2. The molecule has 202 valence electrons. The fourth-order valence-corrected chi connectivity index (χ4v) is 4.22. The number of H-pyrrole nitrogens is 2. The number of rotatable bonds is 11. The lowest BCUT2D eigenvalue weighted by Crippen LogP contribution is -2.48. The van der Waals surface area contributed by atoms with Crippen LogP contribution in [0, 0.1) is 5.41 Å². The second kappa shape index (κ2) is 12.3. The van der Waals surface area contributed by atoms with Gasteiger partial charge in [-0.25, -0.2) is 9.59 Å². The van der Waals surface area contributed by atoms with E-state index in [9.17, 15) is 14.4 Å². The molecule has 1 atom stereocenters. The number of esters is 2. The second-order valence-corrected chi connectivity index (χ2v) is 9.95. The molecule has 2 heterocycles. The molecule has 0 saturated carbocycles. The molecule has 1 amide bonds. The van der Waals surface area contributed by atoms with Crippen LogP contribution >= 0.6 is 0 Å². The number of benzene rings is 2. The normalized spacial score (nSPS) is 12.8. The van der Waals surface area contributed by atoms with Gasteiger partial charge in [0.2, 0.25) is 0 Å². The summed E-state index contributed by atoms with van der Waals surface area (Å²) in [6, 6.07) is 15.5. The van der Waals surface area contributed by atoms with Gasteiger partial charge in [0.25, 0.3) is 5.91 Å². The lowest BCUT2D eigenvalue weighted by molar-refractivity contribution is -0.164. The minimum absolute atomic E-state index is 0.131. The van der Waals surface area contributed by atoms with E-state index in [4.69, 9.17) is 9.47 Å². The van der Waals surface area contributed by atoms with E-state index in [-0.39, 0.29) is 6.61 Å². The average molecular weight is 528 g/mol. The van der Waals surface area contributed by atoms with Crippen molar-refractivity contribution >= 4 is 51.8 Å². The van der Waals surface area contributed by atoms with Crippen molar-refractivity contribution in [1.29, 1.82) is 0 Å². The topological polar surface area (TPSA) is 113 Å². The Kier molecular flexibility index (Phi) is 8.66. The summed E-state index contributed by atoms with van der Waals surface area (Å²) in [6.45, 7) is 5.67. The van der Waals surface area contributed by atoms with Gasteiger partial charge in [-0.15, -0.1) is 0 Å². The fourth-order valence-electron chi connectivity index (χ4n) is 4.22. The first-order chi connectivity index (χ1) is 18.8. The fraction of sp³-hybridized carbons (Fsp3) is 0.258. The third kappa shape index (κ3) is 6.84. The highest BCUT2D eigenvalue weighted by molar-refractivity contribution is 5.96. The Labute approximate surface area is 227 Å². The Morgan fingerprint density at radius 1 is 0.872 bits per heavy atom. The molecule has 0 aliphatic carbocycles. The zero-order valence-corrected chi connectivity index (χ0v) is 22.3. The Hall–Kier alpha value is -4.59. The number of hydrogen-bond acceptors (Lipinski definition) is 5. The molecule has 4 rings (SSSR count). The Bertz CT molecular complexity index is 1530. The maximum atomic E-state index is 13.0. The standard InChI is InChI=1S/C31H33N3O5/c1-4-17-32-30(37)29(39-28(36)16-14-22-19-34-26-12-8-6-10-24(22)26)31(2,3)20-38-27(35)15-13-21-18-33-25-11-7-5-9-23(21)25/h5-16,18-19,29,33-34H,4,17,20H2,1-3H3,(H,32,37)/b15-13+,16-14+/t29-/m0/s1. The maximum absolute atomic E-state index is 13.0. The quantitative estimate of drug-likeness (QED) is 0.179. The zero-order chi connectivity index (χ0) is 27.8. The number of hydrogen-bond donors (Lipinski definition) is 3. The van der Waals surface area contributed by atoms with Crippen molar-refractivity contribution < 1.29 is 23.9 Å². The molecule has 4 aromatic rings. The molecular formula is C31H33N3O5. The third-order valence-corrected chi connectivity index (χ3v) is 6.36. The molecule has 2 aromatic heterocycles. The molecule has 8 nitrogen and oxygen atoms in total. The molecule has 0 spiro atoms. The van der Waals surface area contributed by atoms with Gasteiger partial charge in [0.05, 0.1) is 0 Å². The van der Waals surface area contributed by atoms with E-state index in [1.807, 2.05) is 61.7 Å². The Morgan fingerprint density at radius 2 is 1.41 bits per heavy atom. The van der Waals surface area contributed by atoms with Crippen molar-refractivity contribution in [3.8, 4) is 0 Å². The number of carbonyl (C=O) groups is 3.